The molecule has 0 aromatic heterocycles. The molecule has 0 amide bonds. The molecule has 0 aliphatic heterocycles. The number of rotatable bonds is 11. The number of hydrogen-bond acceptors (Lipinski definition) is 4. The molecule has 3 atom stereocenters. The summed E-state index contributed by atoms with van der Waals surface area (Å²) in [5.74, 6) is 2.56. The van der Waals surface area contributed by atoms with Crippen LogP contribution in [-0.4, -0.2) is 0 Å². The van der Waals surface area contributed by atoms with E-state index in [1.165, 1.54) is 16.7 Å². The SMILES string of the molecule is CCC(C)c1ccc(OP(=S)(Oc2ccc(C(C)CC)cc2)SC(C)c2ccccc2)cc1. The lowest BCUT2D eigenvalue weighted by Crippen LogP contribution is -2.01. The smallest absolute Gasteiger partial charge is 0.349 e. The monoisotopic (exact) mass is 498 g/mol. The van der Waals surface area contributed by atoms with E-state index in [1.807, 2.05) is 30.3 Å². The molecule has 0 spiro atoms. The molecule has 3 unspecified atom stereocenters. The molecule has 0 saturated heterocycles. The molecule has 0 heterocycles. The first-order chi connectivity index (χ1) is 15.8. The minimum absolute atomic E-state index is 0.149. The van der Waals surface area contributed by atoms with Crippen molar-refractivity contribution in [3.63, 3.8) is 0 Å². The minimum atomic E-state index is -2.73. The van der Waals surface area contributed by atoms with Crippen molar-refractivity contribution in [2.24, 2.45) is 0 Å². The fourth-order valence-corrected chi connectivity index (χ4v) is 9.01. The summed E-state index contributed by atoms with van der Waals surface area (Å²) >= 11 is 7.69. The quantitative estimate of drug-likeness (QED) is 0.245. The molecule has 0 fully saturated rings. The Morgan fingerprint density at radius 1 is 0.667 bits per heavy atom. The van der Waals surface area contributed by atoms with Gasteiger partial charge in [0.1, 0.15) is 11.5 Å². The molecule has 0 bridgehead atoms. The van der Waals surface area contributed by atoms with Crippen molar-refractivity contribution in [3.8, 4) is 11.5 Å². The molecule has 0 aliphatic rings. The fourth-order valence-electron chi connectivity index (χ4n) is 3.48. The van der Waals surface area contributed by atoms with Crippen molar-refractivity contribution >= 4 is 28.9 Å². The van der Waals surface area contributed by atoms with E-state index in [0.29, 0.717) is 11.8 Å². The number of benzene rings is 3. The van der Waals surface area contributed by atoms with Crippen LogP contribution in [-0.2, 0) is 11.8 Å². The van der Waals surface area contributed by atoms with Crippen molar-refractivity contribution in [1.82, 2.24) is 0 Å². The van der Waals surface area contributed by atoms with E-state index in [4.69, 9.17) is 20.9 Å². The Bertz CT molecular complexity index is 976. The van der Waals surface area contributed by atoms with Gasteiger partial charge in [0.05, 0.1) is 0 Å². The fraction of sp³-hybridized carbons (Fsp3) is 0.357. The van der Waals surface area contributed by atoms with Crippen molar-refractivity contribution in [2.75, 3.05) is 0 Å². The summed E-state index contributed by atoms with van der Waals surface area (Å²) in [5.41, 5.74) is 1.11. The van der Waals surface area contributed by atoms with Crippen molar-refractivity contribution in [3.05, 3.63) is 95.6 Å². The van der Waals surface area contributed by atoms with Crippen LogP contribution in [0.1, 0.15) is 81.2 Å². The normalized spacial score (nSPS) is 15.8. The van der Waals surface area contributed by atoms with Crippen LogP contribution in [0.2, 0.25) is 0 Å². The van der Waals surface area contributed by atoms with Crippen LogP contribution in [0, 0.1) is 0 Å². The summed E-state index contributed by atoms with van der Waals surface area (Å²) in [6.45, 7) is 11.0. The van der Waals surface area contributed by atoms with E-state index >= 15 is 0 Å². The van der Waals surface area contributed by atoms with Crippen LogP contribution < -0.4 is 9.05 Å². The Kier molecular flexibility index (Phi) is 9.49. The predicted molar refractivity (Wildman–Crippen MR) is 148 cm³/mol. The first-order valence-corrected chi connectivity index (χ1v) is 15.9. The maximum atomic E-state index is 6.43. The van der Waals surface area contributed by atoms with Crippen LogP contribution >= 0.6 is 17.1 Å². The summed E-state index contributed by atoms with van der Waals surface area (Å²) in [7, 11) is 0. The van der Waals surface area contributed by atoms with E-state index in [-0.39, 0.29) is 5.25 Å². The highest BCUT2D eigenvalue weighted by Gasteiger charge is 2.28. The van der Waals surface area contributed by atoms with E-state index in [2.05, 4.69) is 83.1 Å². The molecule has 176 valence electrons. The van der Waals surface area contributed by atoms with E-state index in [1.54, 1.807) is 11.4 Å². The van der Waals surface area contributed by atoms with Crippen LogP contribution in [0.3, 0.4) is 0 Å². The lowest BCUT2D eigenvalue weighted by atomic mass is 9.99. The van der Waals surface area contributed by atoms with Gasteiger partial charge in [-0.05, 0) is 95.7 Å². The highest BCUT2D eigenvalue weighted by molar-refractivity contribution is 8.68. The zero-order chi connectivity index (χ0) is 23.8. The summed E-state index contributed by atoms with van der Waals surface area (Å²) in [6.07, 6.45) is 2.22. The van der Waals surface area contributed by atoms with Gasteiger partial charge in [0.15, 0.2) is 0 Å². The van der Waals surface area contributed by atoms with E-state index < -0.39 is 5.69 Å². The molecule has 3 aromatic rings. The third kappa shape index (κ3) is 7.37. The summed E-state index contributed by atoms with van der Waals surface area (Å²) < 4.78 is 12.9. The van der Waals surface area contributed by atoms with Gasteiger partial charge >= 0.3 is 5.69 Å². The molecule has 0 aliphatic carbocycles. The maximum Gasteiger partial charge on any atom is 0.349 e. The topological polar surface area (TPSA) is 18.5 Å². The van der Waals surface area contributed by atoms with Crippen LogP contribution in [0.25, 0.3) is 0 Å². The predicted octanol–water partition coefficient (Wildman–Crippen LogP) is 9.89. The van der Waals surface area contributed by atoms with E-state index in [0.717, 1.165) is 24.3 Å². The van der Waals surface area contributed by atoms with Crippen LogP contribution in [0.5, 0.6) is 11.5 Å². The standard InChI is InChI=1S/C28H35O2PS2/c1-6-21(3)24-13-17-27(18-14-24)29-31(32,33-23(5)26-11-9-8-10-12-26)30-28-19-15-25(16-20-28)22(4)7-2/h8-23H,6-7H2,1-5H3. The van der Waals surface area contributed by atoms with Gasteiger partial charge < -0.3 is 9.05 Å². The highest BCUT2D eigenvalue weighted by atomic mass is 32.9. The van der Waals surface area contributed by atoms with Gasteiger partial charge in [-0.2, -0.15) is 0 Å². The lowest BCUT2D eigenvalue weighted by molar-refractivity contribution is 0.505. The molecule has 3 aromatic carbocycles. The second kappa shape index (κ2) is 12.1. The number of hydrogen-bond donors (Lipinski definition) is 0. The van der Waals surface area contributed by atoms with Crippen LogP contribution in [0.15, 0.2) is 78.9 Å². The molecule has 0 N–H and O–H groups in total. The molecule has 5 heteroatoms. The summed E-state index contributed by atoms with van der Waals surface area (Å²) in [4.78, 5) is 0. The molecule has 0 radical (unpaired) electrons. The molecular weight excluding hydrogens is 463 g/mol. The molecule has 0 saturated carbocycles. The Labute approximate surface area is 209 Å². The molecule has 2 nitrogen and oxygen atoms in total. The molecule has 33 heavy (non-hydrogen) atoms. The average Bonchev–Trinajstić information content (AvgIpc) is 2.84. The third-order valence-electron chi connectivity index (χ3n) is 6.11. The van der Waals surface area contributed by atoms with Gasteiger partial charge in [0.2, 0.25) is 0 Å². The maximum absolute atomic E-state index is 6.43. The largest absolute Gasteiger partial charge is 0.428 e. The van der Waals surface area contributed by atoms with Crippen LogP contribution in [0.4, 0.5) is 0 Å². The van der Waals surface area contributed by atoms with E-state index in [9.17, 15) is 0 Å². The van der Waals surface area contributed by atoms with Gasteiger partial charge in [-0.25, -0.2) is 0 Å². The van der Waals surface area contributed by atoms with Gasteiger partial charge in [0, 0.05) is 5.25 Å². The summed E-state index contributed by atoms with van der Waals surface area (Å²) in [6, 6.07) is 27.0. The second-order valence-corrected chi connectivity index (χ2v) is 14.9. The zero-order valence-electron chi connectivity index (χ0n) is 20.2. The van der Waals surface area contributed by atoms with Crippen molar-refractivity contribution < 1.29 is 9.05 Å². The molecule has 3 rings (SSSR count). The minimum Gasteiger partial charge on any atom is -0.428 e. The second-order valence-electron chi connectivity index (χ2n) is 8.54. The highest BCUT2D eigenvalue weighted by Crippen LogP contribution is 2.64. The van der Waals surface area contributed by atoms with Gasteiger partial charge in [-0.15, -0.1) is 0 Å². The van der Waals surface area contributed by atoms with Crippen molar-refractivity contribution in [2.45, 2.75) is 64.5 Å². The lowest BCUT2D eigenvalue weighted by Gasteiger charge is -2.26. The van der Waals surface area contributed by atoms with Gasteiger partial charge in [-0.1, -0.05) is 82.3 Å². The Morgan fingerprint density at radius 3 is 1.48 bits per heavy atom. The third-order valence-corrected chi connectivity index (χ3v) is 11.2. The summed E-state index contributed by atoms with van der Waals surface area (Å²) in [5, 5.41) is 0.149. The Balaban J connectivity index is 1.84. The van der Waals surface area contributed by atoms with Gasteiger partial charge in [0.25, 0.3) is 0 Å². The first-order valence-electron chi connectivity index (χ1n) is 11.8. The Hall–Kier alpha value is -1.74. The Morgan fingerprint density at radius 2 is 1.09 bits per heavy atom. The first kappa shape index (κ1) is 25.9. The zero-order valence-corrected chi connectivity index (χ0v) is 22.8. The van der Waals surface area contributed by atoms with Gasteiger partial charge in [-0.3, -0.25) is 0 Å². The van der Waals surface area contributed by atoms with Crippen molar-refractivity contribution in [1.29, 1.82) is 0 Å². The average molecular weight is 499 g/mol. The molecular formula is C28H35O2PS2.